The fourth-order valence-electron chi connectivity index (χ4n) is 2.49. The number of guanidine groups is 1. The average molecular weight is 416 g/mol. The number of carbonyl (C=O) groups is 1. The molecule has 3 rings (SSSR count). The Labute approximate surface area is 169 Å². The number of hydrogen-bond donors (Lipinski definition) is 2. The number of halogens is 4. The number of amides is 1. The first-order chi connectivity index (χ1) is 14.3. The van der Waals surface area contributed by atoms with Crippen LogP contribution in [0.3, 0.4) is 0 Å². The highest BCUT2D eigenvalue weighted by Crippen LogP contribution is 2.30. The molecule has 3 aromatic rings. The van der Waals surface area contributed by atoms with Gasteiger partial charge in [0.2, 0.25) is 5.96 Å². The van der Waals surface area contributed by atoms with Gasteiger partial charge in [0.1, 0.15) is 5.82 Å². The van der Waals surface area contributed by atoms with E-state index in [0.29, 0.717) is 0 Å². The smallest absolute Gasteiger partial charge is 0.326 e. The van der Waals surface area contributed by atoms with Crippen molar-refractivity contribution in [2.45, 2.75) is 12.7 Å². The maximum Gasteiger partial charge on any atom is 0.416 e. The zero-order chi connectivity index (χ0) is 21.6. The van der Waals surface area contributed by atoms with E-state index in [4.69, 9.17) is 0 Å². The normalized spacial score (nSPS) is 11.8. The van der Waals surface area contributed by atoms with Gasteiger partial charge in [-0.25, -0.2) is 9.38 Å². The number of rotatable bonds is 4. The monoisotopic (exact) mass is 416 g/mol. The van der Waals surface area contributed by atoms with Gasteiger partial charge in [0.25, 0.3) is 5.91 Å². The Morgan fingerprint density at radius 2 is 1.73 bits per heavy atom. The van der Waals surface area contributed by atoms with E-state index in [0.717, 1.165) is 23.8 Å². The van der Waals surface area contributed by atoms with Gasteiger partial charge in [0.05, 0.1) is 12.1 Å². The number of nitrogens with zero attached hydrogens (tertiary/aromatic N) is 2. The Morgan fingerprint density at radius 3 is 2.43 bits per heavy atom. The molecule has 5 nitrogen and oxygen atoms in total. The van der Waals surface area contributed by atoms with Crippen molar-refractivity contribution < 1.29 is 22.4 Å². The Balaban J connectivity index is 1.85. The second kappa shape index (κ2) is 9.17. The van der Waals surface area contributed by atoms with Gasteiger partial charge in [-0.05, 0) is 54.1 Å². The molecular weight excluding hydrogens is 400 g/mol. The topological polar surface area (TPSA) is 66.4 Å². The third-order valence-electron chi connectivity index (χ3n) is 3.94. The van der Waals surface area contributed by atoms with E-state index in [2.05, 4.69) is 20.6 Å². The molecule has 2 N–H and O–H groups in total. The quantitative estimate of drug-likeness (QED) is 0.370. The zero-order valence-electron chi connectivity index (χ0n) is 15.4. The van der Waals surface area contributed by atoms with Crippen LogP contribution in [-0.4, -0.2) is 16.9 Å². The molecule has 0 aliphatic rings. The van der Waals surface area contributed by atoms with Crippen LogP contribution in [0, 0.1) is 5.82 Å². The van der Waals surface area contributed by atoms with Crippen LogP contribution in [0.5, 0.6) is 0 Å². The lowest BCUT2D eigenvalue weighted by molar-refractivity contribution is -0.137. The number of carbonyl (C=O) groups excluding carboxylic acids is 1. The second-order valence-electron chi connectivity index (χ2n) is 6.19. The maximum atomic E-state index is 13.4. The van der Waals surface area contributed by atoms with Crippen LogP contribution in [0.15, 0.2) is 78.0 Å². The van der Waals surface area contributed by atoms with Crippen LogP contribution in [0.2, 0.25) is 0 Å². The summed E-state index contributed by atoms with van der Waals surface area (Å²) in [5.41, 5.74) is 0.0427. The lowest BCUT2D eigenvalue weighted by Crippen LogP contribution is -2.36. The van der Waals surface area contributed by atoms with Crippen molar-refractivity contribution >= 4 is 17.6 Å². The molecule has 0 aliphatic heterocycles. The van der Waals surface area contributed by atoms with E-state index in [-0.39, 0.29) is 23.8 Å². The first-order valence-corrected chi connectivity index (χ1v) is 8.76. The number of aromatic nitrogens is 1. The molecular formula is C21H16F4N4O. The van der Waals surface area contributed by atoms with Gasteiger partial charge in [-0.2, -0.15) is 13.2 Å². The Bertz CT molecular complexity index is 1050. The molecule has 30 heavy (non-hydrogen) atoms. The summed E-state index contributed by atoms with van der Waals surface area (Å²) in [6.45, 7) is 0.132. The van der Waals surface area contributed by atoms with Crippen molar-refractivity contribution in [3.05, 3.63) is 95.6 Å². The van der Waals surface area contributed by atoms with Crippen molar-refractivity contribution in [3.8, 4) is 0 Å². The summed E-state index contributed by atoms with van der Waals surface area (Å²) < 4.78 is 52.3. The highest BCUT2D eigenvalue weighted by Gasteiger charge is 2.30. The largest absolute Gasteiger partial charge is 0.416 e. The second-order valence-corrected chi connectivity index (χ2v) is 6.19. The fourth-order valence-corrected chi connectivity index (χ4v) is 2.49. The molecule has 1 aromatic heterocycles. The summed E-state index contributed by atoms with van der Waals surface area (Å²) in [6, 6.07) is 12.9. The van der Waals surface area contributed by atoms with Gasteiger partial charge in [-0.3, -0.25) is 15.1 Å². The van der Waals surface area contributed by atoms with Crippen molar-refractivity contribution in [2.24, 2.45) is 4.99 Å². The van der Waals surface area contributed by atoms with Crippen molar-refractivity contribution in [1.82, 2.24) is 10.3 Å². The Kier molecular flexibility index (Phi) is 6.41. The molecule has 0 aliphatic carbocycles. The molecule has 0 unspecified atom stereocenters. The molecule has 0 bridgehead atoms. The molecule has 154 valence electrons. The lowest BCUT2D eigenvalue weighted by atomic mass is 10.2. The highest BCUT2D eigenvalue weighted by atomic mass is 19.4. The predicted molar refractivity (Wildman–Crippen MR) is 104 cm³/mol. The van der Waals surface area contributed by atoms with Gasteiger partial charge in [-0.1, -0.05) is 12.1 Å². The van der Waals surface area contributed by atoms with Gasteiger partial charge in [0.15, 0.2) is 0 Å². The third-order valence-corrected chi connectivity index (χ3v) is 3.94. The van der Waals surface area contributed by atoms with Crippen molar-refractivity contribution in [3.63, 3.8) is 0 Å². The molecule has 0 saturated heterocycles. The van der Waals surface area contributed by atoms with Crippen LogP contribution >= 0.6 is 0 Å². The van der Waals surface area contributed by atoms with E-state index in [1.807, 2.05) is 0 Å². The summed E-state index contributed by atoms with van der Waals surface area (Å²) in [6.07, 6.45) is -1.39. The van der Waals surface area contributed by atoms with E-state index in [1.165, 1.54) is 30.3 Å². The molecule has 2 aromatic carbocycles. The minimum atomic E-state index is -4.52. The maximum absolute atomic E-state index is 13.4. The van der Waals surface area contributed by atoms with Crippen LogP contribution in [-0.2, 0) is 12.7 Å². The molecule has 0 spiro atoms. The number of hydrogen-bond acceptors (Lipinski definition) is 3. The molecule has 0 radical (unpaired) electrons. The first-order valence-electron chi connectivity index (χ1n) is 8.76. The fraction of sp³-hybridized carbons (Fsp3) is 0.0952. The number of nitrogens with one attached hydrogen (secondary N) is 2. The summed E-state index contributed by atoms with van der Waals surface area (Å²) in [5, 5.41) is 5.16. The lowest BCUT2D eigenvalue weighted by Gasteiger charge is -2.14. The minimum absolute atomic E-state index is 0.0393. The zero-order valence-corrected chi connectivity index (χ0v) is 15.4. The van der Waals surface area contributed by atoms with E-state index in [9.17, 15) is 22.4 Å². The Morgan fingerprint density at radius 1 is 1.00 bits per heavy atom. The standard InChI is InChI=1S/C21H16F4N4O/c22-17-5-1-3-15(11-17)19(30)29-20(27-13-14-7-9-26-10-8-14)28-18-6-2-4-16(12-18)21(23,24)25/h1-12H,13H2,(H2,27,28,29,30). The average Bonchev–Trinajstić information content (AvgIpc) is 2.72. The summed E-state index contributed by atoms with van der Waals surface area (Å²) >= 11 is 0. The van der Waals surface area contributed by atoms with Crippen LogP contribution < -0.4 is 10.6 Å². The molecule has 0 saturated carbocycles. The number of alkyl halides is 3. The van der Waals surface area contributed by atoms with Crippen molar-refractivity contribution in [1.29, 1.82) is 0 Å². The number of anilines is 1. The van der Waals surface area contributed by atoms with Crippen LogP contribution in [0.1, 0.15) is 21.5 Å². The minimum Gasteiger partial charge on any atom is -0.326 e. The molecule has 0 atom stereocenters. The van der Waals surface area contributed by atoms with Gasteiger partial charge in [0, 0.05) is 23.6 Å². The highest BCUT2D eigenvalue weighted by molar-refractivity contribution is 6.09. The summed E-state index contributed by atoms with van der Waals surface area (Å²) in [5.74, 6) is -1.34. The molecule has 9 heteroatoms. The molecule has 1 heterocycles. The van der Waals surface area contributed by atoms with E-state index >= 15 is 0 Å². The number of benzene rings is 2. The third kappa shape index (κ3) is 5.87. The molecule has 0 fully saturated rings. The van der Waals surface area contributed by atoms with Gasteiger partial charge >= 0.3 is 6.18 Å². The van der Waals surface area contributed by atoms with E-state index < -0.39 is 23.5 Å². The van der Waals surface area contributed by atoms with Crippen LogP contribution in [0.4, 0.5) is 23.2 Å². The first kappa shape index (κ1) is 21.0. The van der Waals surface area contributed by atoms with Crippen LogP contribution in [0.25, 0.3) is 0 Å². The van der Waals surface area contributed by atoms with Crippen molar-refractivity contribution in [2.75, 3.05) is 5.32 Å². The van der Waals surface area contributed by atoms with Gasteiger partial charge < -0.3 is 5.32 Å². The summed E-state index contributed by atoms with van der Waals surface area (Å²) in [7, 11) is 0. The molecule has 1 amide bonds. The summed E-state index contributed by atoms with van der Waals surface area (Å²) in [4.78, 5) is 20.6. The van der Waals surface area contributed by atoms with Gasteiger partial charge in [-0.15, -0.1) is 0 Å². The number of aliphatic imine (C=N–C) groups is 1. The Hall–Kier alpha value is -3.75. The number of pyridine rings is 1. The SMILES string of the molecule is O=C(NC(=NCc1ccncc1)Nc1cccc(C(F)(F)F)c1)c1cccc(F)c1. The predicted octanol–water partition coefficient (Wildman–Crippen LogP) is 4.64. The van der Waals surface area contributed by atoms with E-state index in [1.54, 1.807) is 24.5 Å².